The SMILES string of the molecule is COC(=O)C(CC(C)C)Oc1ccc2c(C)cc(=O)oc2c1C(=O)c1ccccc1. The molecule has 0 aliphatic carbocycles. The van der Waals surface area contributed by atoms with Gasteiger partial charge in [0.15, 0.2) is 11.7 Å². The van der Waals surface area contributed by atoms with Gasteiger partial charge in [-0.1, -0.05) is 44.2 Å². The zero-order valence-corrected chi connectivity index (χ0v) is 17.4. The number of methoxy groups -OCH3 is 1. The second-order valence-corrected chi connectivity index (χ2v) is 7.52. The first-order chi connectivity index (χ1) is 14.3. The Labute approximate surface area is 174 Å². The number of esters is 1. The summed E-state index contributed by atoms with van der Waals surface area (Å²) in [4.78, 5) is 37.7. The zero-order valence-electron chi connectivity index (χ0n) is 17.4. The molecule has 1 unspecified atom stereocenters. The van der Waals surface area contributed by atoms with Crippen molar-refractivity contribution in [3.05, 3.63) is 75.6 Å². The number of benzene rings is 2. The molecule has 0 aliphatic heterocycles. The summed E-state index contributed by atoms with van der Waals surface area (Å²) < 4.78 is 16.3. The molecule has 0 fully saturated rings. The first-order valence-electron chi connectivity index (χ1n) is 9.73. The van der Waals surface area contributed by atoms with Gasteiger partial charge in [-0.3, -0.25) is 4.79 Å². The van der Waals surface area contributed by atoms with Crippen LogP contribution < -0.4 is 10.4 Å². The standard InChI is InChI=1S/C24H24O6/c1-14(2)12-19(24(27)28-4)29-18-11-10-17-15(3)13-20(25)30-23(17)21(18)22(26)16-8-6-5-7-9-16/h5-11,13-14,19H,12H2,1-4H3. The quantitative estimate of drug-likeness (QED) is 0.329. The molecule has 156 valence electrons. The van der Waals surface area contributed by atoms with Crippen LogP contribution in [0.2, 0.25) is 0 Å². The molecule has 0 amide bonds. The lowest BCUT2D eigenvalue weighted by atomic mass is 9.98. The second-order valence-electron chi connectivity index (χ2n) is 7.52. The van der Waals surface area contributed by atoms with Gasteiger partial charge in [0, 0.05) is 17.0 Å². The topological polar surface area (TPSA) is 82.8 Å². The number of hydrogen-bond donors (Lipinski definition) is 0. The van der Waals surface area contributed by atoms with E-state index in [-0.39, 0.29) is 28.6 Å². The Morgan fingerprint density at radius 3 is 2.40 bits per heavy atom. The third-order valence-electron chi connectivity index (χ3n) is 4.76. The van der Waals surface area contributed by atoms with Crippen LogP contribution in [0.25, 0.3) is 11.0 Å². The Balaban J connectivity index is 2.22. The summed E-state index contributed by atoms with van der Waals surface area (Å²) in [5.74, 6) is -0.574. The monoisotopic (exact) mass is 408 g/mol. The number of rotatable bonds is 7. The molecule has 6 nitrogen and oxygen atoms in total. The van der Waals surface area contributed by atoms with Crippen LogP contribution in [0.15, 0.2) is 57.7 Å². The van der Waals surface area contributed by atoms with E-state index in [0.717, 1.165) is 0 Å². The Morgan fingerprint density at radius 2 is 1.77 bits per heavy atom. The fourth-order valence-electron chi connectivity index (χ4n) is 3.32. The van der Waals surface area contributed by atoms with Crippen LogP contribution in [0.5, 0.6) is 5.75 Å². The summed E-state index contributed by atoms with van der Waals surface area (Å²) in [6, 6.07) is 13.4. The fourth-order valence-corrected chi connectivity index (χ4v) is 3.32. The average Bonchev–Trinajstić information content (AvgIpc) is 2.72. The molecule has 6 heteroatoms. The summed E-state index contributed by atoms with van der Waals surface area (Å²) in [5, 5.41) is 0.625. The van der Waals surface area contributed by atoms with Gasteiger partial charge in [-0.15, -0.1) is 0 Å². The van der Waals surface area contributed by atoms with Crippen LogP contribution in [0.3, 0.4) is 0 Å². The largest absolute Gasteiger partial charge is 0.478 e. The van der Waals surface area contributed by atoms with Crippen molar-refractivity contribution < 1.29 is 23.5 Å². The molecule has 3 rings (SSSR count). The maximum Gasteiger partial charge on any atom is 0.347 e. The van der Waals surface area contributed by atoms with E-state index in [2.05, 4.69) is 0 Å². The molecule has 1 atom stereocenters. The summed E-state index contributed by atoms with van der Waals surface area (Å²) in [5.41, 5.74) is 0.779. The van der Waals surface area contributed by atoms with Gasteiger partial charge in [0.25, 0.3) is 0 Å². The summed E-state index contributed by atoms with van der Waals surface area (Å²) in [6.07, 6.45) is -0.493. The molecule has 1 aromatic heterocycles. The molecular formula is C24H24O6. The highest BCUT2D eigenvalue weighted by atomic mass is 16.6. The molecule has 0 saturated heterocycles. The minimum Gasteiger partial charge on any atom is -0.478 e. The van der Waals surface area contributed by atoms with Crippen molar-refractivity contribution in [3.63, 3.8) is 0 Å². The maximum atomic E-state index is 13.4. The molecule has 1 heterocycles. The summed E-state index contributed by atoms with van der Waals surface area (Å²) >= 11 is 0. The zero-order chi connectivity index (χ0) is 21.8. The highest BCUT2D eigenvalue weighted by molar-refractivity contribution is 6.17. The maximum absolute atomic E-state index is 13.4. The molecule has 0 bridgehead atoms. The van der Waals surface area contributed by atoms with Crippen molar-refractivity contribution in [2.24, 2.45) is 5.92 Å². The first-order valence-corrected chi connectivity index (χ1v) is 9.73. The number of ketones is 1. The highest BCUT2D eigenvalue weighted by Crippen LogP contribution is 2.32. The molecule has 0 radical (unpaired) electrons. The average molecular weight is 408 g/mol. The third kappa shape index (κ3) is 4.43. The van der Waals surface area contributed by atoms with Crippen molar-refractivity contribution in [1.29, 1.82) is 0 Å². The Morgan fingerprint density at radius 1 is 1.07 bits per heavy atom. The number of hydrogen-bond acceptors (Lipinski definition) is 6. The van der Waals surface area contributed by atoms with Gasteiger partial charge in [-0.05, 0) is 37.0 Å². The van der Waals surface area contributed by atoms with Crippen molar-refractivity contribution in [2.45, 2.75) is 33.3 Å². The van der Waals surface area contributed by atoms with Crippen LogP contribution in [-0.2, 0) is 9.53 Å². The van der Waals surface area contributed by atoms with Gasteiger partial charge in [0.05, 0.1) is 7.11 Å². The number of aryl methyl sites for hydroxylation is 1. The lowest BCUT2D eigenvalue weighted by Crippen LogP contribution is -2.30. The third-order valence-corrected chi connectivity index (χ3v) is 4.76. The lowest BCUT2D eigenvalue weighted by Gasteiger charge is -2.21. The molecular weight excluding hydrogens is 384 g/mol. The molecule has 0 N–H and O–H groups in total. The van der Waals surface area contributed by atoms with Crippen LogP contribution in [0.4, 0.5) is 0 Å². The smallest absolute Gasteiger partial charge is 0.347 e. The van der Waals surface area contributed by atoms with Crippen LogP contribution in [0.1, 0.15) is 41.8 Å². The van der Waals surface area contributed by atoms with Crippen molar-refractivity contribution in [2.75, 3.05) is 7.11 Å². The van der Waals surface area contributed by atoms with Crippen molar-refractivity contribution >= 4 is 22.7 Å². The minimum atomic E-state index is -0.897. The van der Waals surface area contributed by atoms with Crippen molar-refractivity contribution in [1.82, 2.24) is 0 Å². The first kappa shape index (κ1) is 21.3. The number of carbonyl (C=O) groups is 2. The molecule has 3 aromatic rings. The van der Waals surface area contributed by atoms with Crippen molar-refractivity contribution in [3.8, 4) is 5.75 Å². The number of ether oxygens (including phenoxy) is 2. The predicted octanol–water partition coefficient (Wildman–Crippen LogP) is 4.30. The normalized spacial score (nSPS) is 12.0. The fraction of sp³-hybridized carbons (Fsp3) is 0.292. The number of fused-ring (bicyclic) bond motifs is 1. The minimum absolute atomic E-state index is 0.108. The number of carbonyl (C=O) groups excluding carboxylic acids is 2. The molecule has 2 aromatic carbocycles. The highest BCUT2D eigenvalue weighted by Gasteiger charge is 2.27. The second kappa shape index (κ2) is 8.95. The molecule has 0 spiro atoms. The molecule has 0 aliphatic rings. The van der Waals surface area contributed by atoms with Gasteiger partial charge in [-0.25, -0.2) is 9.59 Å². The Kier molecular flexibility index (Phi) is 6.35. The van der Waals surface area contributed by atoms with E-state index in [4.69, 9.17) is 13.9 Å². The van der Waals surface area contributed by atoms with Crippen LogP contribution >= 0.6 is 0 Å². The van der Waals surface area contributed by atoms with E-state index in [1.54, 1.807) is 49.4 Å². The lowest BCUT2D eigenvalue weighted by molar-refractivity contribution is -0.149. The van der Waals surface area contributed by atoms with E-state index in [1.807, 2.05) is 13.8 Å². The van der Waals surface area contributed by atoms with E-state index in [9.17, 15) is 14.4 Å². The van der Waals surface area contributed by atoms with Gasteiger partial charge in [0.2, 0.25) is 5.78 Å². The Hall–Kier alpha value is -3.41. The Bertz CT molecular complexity index is 1130. The predicted molar refractivity (Wildman–Crippen MR) is 113 cm³/mol. The van der Waals surface area contributed by atoms with E-state index >= 15 is 0 Å². The van der Waals surface area contributed by atoms with E-state index in [0.29, 0.717) is 22.9 Å². The summed E-state index contributed by atoms with van der Waals surface area (Å²) in [6.45, 7) is 5.68. The summed E-state index contributed by atoms with van der Waals surface area (Å²) in [7, 11) is 1.29. The van der Waals surface area contributed by atoms with Crippen LogP contribution in [-0.4, -0.2) is 25.0 Å². The van der Waals surface area contributed by atoms with Gasteiger partial charge < -0.3 is 13.9 Å². The van der Waals surface area contributed by atoms with Gasteiger partial charge in [-0.2, -0.15) is 0 Å². The van der Waals surface area contributed by atoms with Gasteiger partial charge >= 0.3 is 11.6 Å². The van der Waals surface area contributed by atoms with E-state index in [1.165, 1.54) is 13.2 Å². The van der Waals surface area contributed by atoms with E-state index < -0.39 is 17.7 Å². The van der Waals surface area contributed by atoms with Gasteiger partial charge in [0.1, 0.15) is 11.3 Å². The molecule has 0 saturated carbocycles. The van der Waals surface area contributed by atoms with Crippen LogP contribution in [0, 0.1) is 12.8 Å². The molecule has 30 heavy (non-hydrogen) atoms.